The molecular weight excluding hydrogens is 458 g/mol. The second-order valence-corrected chi connectivity index (χ2v) is 9.21. The highest BCUT2D eigenvalue weighted by atomic mass is 19.3. The minimum Gasteiger partial charge on any atom is -0.480 e. The molecule has 0 spiro atoms. The number of rotatable bonds is 7. The maximum absolute atomic E-state index is 13.9. The predicted molar refractivity (Wildman–Crippen MR) is 124 cm³/mol. The van der Waals surface area contributed by atoms with Gasteiger partial charge in [-0.05, 0) is 28.2 Å². The lowest BCUT2D eigenvalue weighted by Crippen LogP contribution is -2.54. The molecule has 1 aliphatic heterocycles. The molecule has 7 nitrogen and oxygen atoms in total. The second-order valence-electron chi connectivity index (χ2n) is 9.21. The molecule has 2 aromatic carbocycles. The van der Waals surface area contributed by atoms with Crippen LogP contribution in [0, 0.1) is 5.92 Å². The van der Waals surface area contributed by atoms with E-state index in [2.05, 4.69) is 5.32 Å². The Kier molecular flexibility index (Phi) is 6.78. The summed E-state index contributed by atoms with van der Waals surface area (Å²) in [6.07, 6.45) is -1.35. The van der Waals surface area contributed by atoms with E-state index in [0.717, 1.165) is 22.3 Å². The van der Waals surface area contributed by atoms with E-state index < -0.39 is 54.9 Å². The van der Waals surface area contributed by atoms with Crippen LogP contribution in [0.25, 0.3) is 11.1 Å². The summed E-state index contributed by atoms with van der Waals surface area (Å²) in [6, 6.07) is 12.9. The van der Waals surface area contributed by atoms with Crippen LogP contribution in [0.4, 0.5) is 13.6 Å². The fraction of sp³-hybridized carbons (Fsp3) is 0.423. The lowest BCUT2D eigenvalue weighted by atomic mass is 9.97. The van der Waals surface area contributed by atoms with Crippen molar-refractivity contribution in [1.82, 2.24) is 10.2 Å². The van der Waals surface area contributed by atoms with Crippen LogP contribution < -0.4 is 5.32 Å². The van der Waals surface area contributed by atoms with E-state index >= 15 is 0 Å². The van der Waals surface area contributed by atoms with Crippen LogP contribution in [-0.4, -0.2) is 59.1 Å². The monoisotopic (exact) mass is 486 g/mol. The average molecular weight is 487 g/mol. The number of hydrogen-bond donors (Lipinski definition) is 2. The number of carbonyl (C=O) groups is 3. The number of amides is 2. The van der Waals surface area contributed by atoms with Crippen LogP contribution in [-0.2, 0) is 14.3 Å². The number of nitrogens with zero attached hydrogens (tertiary/aromatic N) is 1. The van der Waals surface area contributed by atoms with Gasteiger partial charge in [0.2, 0.25) is 5.91 Å². The summed E-state index contributed by atoms with van der Waals surface area (Å²) in [7, 11) is 0. The quantitative estimate of drug-likeness (QED) is 0.610. The number of halogens is 2. The first-order valence-corrected chi connectivity index (χ1v) is 11.7. The number of ether oxygens (including phenoxy) is 1. The molecule has 2 amide bonds. The van der Waals surface area contributed by atoms with Gasteiger partial charge in [-0.3, -0.25) is 4.79 Å². The highest BCUT2D eigenvalue weighted by molar-refractivity contribution is 5.90. The summed E-state index contributed by atoms with van der Waals surface area (Å²) in [5.74, 6) is -6.26. The van der Waals surface area contributed by atoms with E-state index in [4.69, 9.17) is 4.74 Å². The van der Waals surface area contributed by atoms with Gasteiger partial charge in [-0.2, -0.15) is 0 Å². The maximum atomic E-state index is 13.9. The van der Waals surface area contributed by atoms with Crippen LogP contribution in [0.5, 0.6) is 0 Å². The summed E-state index contributed by atoms with van der Waals surface area (Å²) in [4.78, 5) is 38.0. The zero-order valence-corrected chi connectivity index (χ0v) is 19.5. The molecule has 1 aliphatic carbocycles. The molecule has 1 saturated heterocycles. The number of fused-ring (bicyclic) bond motifs is 3. The Morgan fingerprint density at radius 1 is 1.11 bits per heavy atom. The van der Waals surface area contributed by atoms with Gasteiger partial charge < -0.3 is 20.1 Å². The number of carboxylic acids is 1. The normalized spacial score (nSPS) is 20.0. The van der Waals surface area contributed by atoms with Crippen molar-refractivity contribution in [2.45, 2.75) is 50.6 Å². The Balaban J connectivity index is 1.47. The third kappa shape index (κ3) is 4.85. The molecule has 1 fully saturated rings. The highest BCUT2D eigenvalue weighted by Crippen LogP contribution is 2.44. The Morgan fingerprint density at radius 2 is 1.69 bits per heavy atom. The van der Waals surface area contributed by atoms with Gasteiger partial charge in [-0.25, -0.2) is 18.4 Å². The lowest BCUT2D eigenvalue weighted by Gasteiger charge is -2.30. The average Bonchev–Trinajstić information content (AvgIpc) is 3.34. The largest absolute Gasteiger partial charge is 0.480 e. The third-order valence-corrected chi connectivity index (χ3v) is 6.93. The number of aliphatic carboxylic acids is 1. The molecular formula is C26H28F2N2O5. The SMILES string of the molecule is CCC(C)C(NC(=O)OCC1c2ccccc2-c2ccccc21)C(=O)N1CC(F)(F)C[C@H]1C(=O)O. The van der Waals surface area contributed by atoms with Gasteiger partial charge >= 0.3 is 12.1 Å². The number of carbonyl (C=O) groups excluding carboxylic acids is 2. The number of carboxylic acid groups (broad SMARTS) is 1. The van der Waals surface area contributed by atoms with Gasteiger partial charge in [0.1, 0.15) is 18.7 Å². The fourth-order valence-electron chi connectivity index (χ4n) is 4.90. The number of alkyl carbamates (subject to hydrolysis) is 1. The van der Waals surface area contributed by atoms with Crippen molar-refractivity contribution >= 4 is 18.0 Å². The van der Waals surface area contributed by atoms with Gasteiger partial charge in [-0.15, -0.1) is 0 Å². The van der Waals surface area contributed by atoms with Crippen molar-refractivity contribution in [3.8, 4) is 11.1 Å². The van der Waals surface area contributed by atoms with Crippen molar-refractivity contribution in [3.63, 3.8) is 0 Å². The molecule has 35 heavy (non-hydrogen) atoms. The highest BCUT2D eigenvalue weighted by Gasteiger charge is 2.51. The minimum atomic E-state index is -3.30. The Bertz CT molecular complexity index is 1090. The second kappa shape index (κ2) is 9.64. The molecule has 0 aromatic heterocycles. The molecule has 2 unspecified atom stereocenters. The zero-order valence-electron chi connectivity index (χ0n) is 19.5. The first-order chi connectivity index (χ1) is 16.6. The first-order valence-electron chi connectivity index (χ1n) is 11.7. The maximum Gasteiger partial charge on any atom is 0.407 e. The van der Waals surface area contributed by atoms with E-state index in [1.165, 1.54) is 0 Å². The number of benzene rings is 2. The third-order valence-electron chi connectivity index (χ3n) is 6.93. The van der Waals surface area contributed by atoms with Gasteiger partial charge in [0.05, 0.1) is 6.54 Å². The predicted octanol–water partition coefficient (Wildman–Crippen LogP) is 4.26. The molecule has 0 bridgehead atoms. The van der Waals surface area contributed by atoms with Crippen molar-refractivity contribution in [1.29, 1.82) is 0 Å². The van der Waals surface area contributed by atoms with E-state index in [1.54, 1.807) is 13.8 Å². The summed E-state index contributed by atoms with van der Waals surface area (Å²) in [5.41, 5.74) is 4.19. The number of nitrogens with one attached hydrogen (secondary N) is 1. The van der Waals surface area contributed by atoms with E-state index in [1.807, 2.05) is 48.5 Å². The molecule has 9 heteroatoms. The summed E-state index contributed by atoms with van der Waals surface area (Å²) < 4.78 is 33.4. The van der Waals surface area contributed by atoms with Crippen molar-refractivity contribution < 1.29 is 33.0 Å². The van der Waals surface area contributed by atoms with Crippen molar-refractivity contribution in [2.75, 3.05) is 13.2 Å². The first kappa shape index (κ1) is 24.6. The Morgan fingerprint density at radius 3 is 2.23 bits per heavy atom. The molecule has 4 rings (SSSR count). The number of alkyl halides is 2. The smallest absolute Gasteiger partial charge is 0.407 e. The molecule has 186 valence electrons. The van der Waals surface area contributed by atoms with Gasteiger partial charge in [0.15, 0.2) is 0 Å². The van der Waals surface area contributed by atoms with Crippen LogP contribution in [0.3, 0.4) is 0 Å². The van der Waals surface area contributed by atoms with Crippen LogP contribution in [0.1, 0.15) is 43.7 Å². The molecule has 0 radical (unpaired) electrons. The van der Waals surface area contributed by atoms with Gasteiger partial charge in [-0.1, -0.05) is 68.8 Å². The van der Waals surface area contributed by atoms with Gasteiger partial charge in [0.25, 0.3) is 5.92 Å². The topological polar surface area (TPSA) is 95.9 Å². The van der Waals surface area contributed by atoms with E-state index in [0.29, 0.717) is 11.3 Å². The standard InChI is InChI=1S/C26H28F2N2O5/c1-3-15(2)22(23(31)30-14-26(27,28)12-21(30)24(32)33)29-25(34)35-13-20-18-10-6-4-8-16(18)17-9-5-7-11-19(17)20/h4-11,15,20-22H,3,12-14H2,1-2H3,(H,29,34)(H,32,33)/t15?,21-,22?/m0/s1. The molecule has 2 aliphatic rings. The Hall–Kier alpha value is -3.49. The van der Waals surface area contributed by atoms with Gasteiger partial charge in [0, 0.05) is 12.3 Å². The molecule has 3 atom stereocenters. The Labute approximate surface area is 202 Å². The summed E-state index contributed by atoms with van der Waals surface area (Å²) in [6.45, 7) is 2.51. The minimum absolute atomic E-state index is 0.0286. The zero-order chi connectivity index (χ0) is 25.3. The number of hydrogen-bond acceptors (Lipinski definition) is 4. The van der Waals surface area contributed by atoms with Crippen molar-refractivity contribution in [3.05, 3.63) is 59.7 Å². The van der Waals surface area contributed by atoms with Crippen molar-refractivity contribution in [2.24, 2.45) is 5.92 Å². The molecule has 1 heterocycles. The molecule has 2 N–H and O–H groups in total. The fourth-order valence-corrected chi connectivity index (χ4v) is 4.90. The lowest BCUT2D eigenvalue weighted by molar-refractivity contribution is -0.149. The summed E-state index contributed by atoms with van der Waals surface area (Å²) >= 11 is 0. The van der Waals surface area contributed by atoms with Crippen LogP contribution in [0.2, 0.25) is 0 Å². The van der Waals surface area contributed by atoms with E-state index in [-0.39, 0.29) is 12.5 Å². The summed E-state index contributed by atoms with van der Waals surface area (Å²) in [5, 5.41) is 11.9. The van der Waals surface area contributed by atoms with Crippen LogP contribution in [0.15, 0.2) is 48.5 Å². The molecule has 2 aromatic rings. The molecule has 0 saturated carbocycles. The van der Waals surface area contributed by atoms with Crippen LogP contribution >= 0.6 is 0 Å². The van der Waals surface area contributed by atoms with E-state index in [9.17, 15) is 28.3 Å². The number of likely N-dealkylation sites (tertiary alicyclic amines) is 1.